The van der Waals surface area contributed by atoms with Crippen LogP contribution in [0.3, 0.4) is 0 Å². The zero-order chi connectivity index (χ0) is 14.6. The minimum atomic E-state index is -0.430. The van der Waals surface area contributed by atoms with Crippen molar-refractivity contribution in [2.45, 2.75) is 45.8 Å². The highest BCUT2D eigenvalue weighted by molar-refractivity contribution is 4.64. The van der Waals surface area contributed by atoms with E-state index >= 15 is 0 Å². The van der Waals surface area contributed by atoms with Crippen molar-refractivity contribution in [3.63, 3.8) is 0 Å². The van der Waals surface area contributed by atoms with Gasteiger partial charge in [-0.2, -0.15) is 0 Å². The fraction of sp³-hybridized carbons (Fsp3) is 0.857. The van der Waals surface area contributed by atoms with Gasteiger partial charge in [-0.3, -0.25) is 4.68 Å². The molecule has 6 heteroatoms. The Labute approximate surface area is 121 Å². The molecule has 1 rings (SSSR count). The molecule has 6 nitrogen and oxygen atoms in total. The maximum Gasteiger partial charge on any atom is 0.0897 e. The summed E-state index contributed by atoms with van der Waals surface area (Å²) in [5.74, 6) is 0.718. The average molecular weight is 284 g/mol. The minimum absolute atomic E-state index is 0.411. The van der Waals surface area contributed by atoms with Gasteiger partial charge in [-0.15, -0.1) is 5.10 Å². The highest BCUT2D eigenvalue weighted by Gasteiger charge is 2.03. The Morgan fingerprint density at radius 3 is 2.90 bits per heavy atom. The Morgan fingerprint density at radius 2 is 2.20 bits per heavy atom. The van der Waals surface area contributed by atoms with Crippen molar-refractivity contribution in [2.75, 3.05) is 26.3 Å². The van der Waals surface area contributed by atoms with E-state index in [0.29, 0.717) is 13.2 Å². The van der Waals surface area contributed by atoms with E-state index in [0.717, 1.165) is 38.5 Å². The van der Waals surface area contributed by atoms with Gasteiger partial charge in [-0.05, 0) is 31.7 Å². The van der Waals surface area contributed by atoms with Crippen LogP contribution >= 0.6 is 0 Å². The first-order chi connectivity index (χ1) is 9.68. The van der Waals surface area contributed by atoms with Crippen LogP contribution in [0.5, 0.6) is 0 Å². The van der Waals surface area contributed by atoms with Crippen molar-refractivity contribution in [3.05, 3.63) is 12.4 Å². The number of hydrogen-bond acceptors (Lipinski definition) is 5. The predicted octanol–water partition coefficient (Wildman–Crippen LogP) is 1.07. The second kappa shape index (κ2) is 10.8. The molecule has 0 amide bonds. The van der Waals surface area contributed by atoms with Crippen LogP contribution in [0.15, 0.2) is 12.4 Å². The summed E-state index contributed by atoms with van der Waals surface area (Å²) in [6.45, 7) is 7.83. The third kappa shape index (κ3) is 9.01. The van der Waals surface area contributed by atoms with E-state index in [4.69, 9.17) is 4.74 Å². The summed E-state index contributed by atoms with van der Waals surface area (Å²) >= 11 is 0. The zero-order valence-electron chi connectivity index (χ0n) is 12.7. The molecule has 0 saturated heterocycles. The molecule has 116 valence electrons. The van der Waals surface area contributed by atoms with Crippen LogP contribution in [0.25, 0.3) is 0 Å². The van der Waals surface area contributed by atoms with Crippen LogP contribution < -0.4 is 5.32 Å². The normalized spacial score (nSPS) is 13.0. The second-order valence-corrected chi connectivity index (χ2v) is 5.49. The summed E-state index contributed by atoms with van der Waals surface area (Å²) in [5, 5.41) is 20.6. The third-order valence-corrected chi connectivity index (χ3v) is 2.97. The number of aromatic nitrogens is 3. The van der Waals surface area contributed by atoms with E-state index < -0.39 is 6.10 Å². The van der Waals surface area contributed by atoms with Crippen LogP contribution in [-0.4, -0.2) is 52.5 Å². The molecular weight excluding hydrogens is 256 g/mol. The van der Waals surface area contributed by atoms with Crippen molar-refractivity contribution in [2.24, 2.45) is 5.92 Å². The van der Waals surface area contributed by atoms with E-state index in [9.17, 15) is 5.11 Å². The molecule has 0 fully saturated rings. The monoisotopic (exact) mass is 284 g/mol. The molecule has 0 radical (unpaired) electrons. The molecule has 0 spiro atoms. The highest BCUT2D eigenvalue weighted by atomic mass is 16.5. The van der Waals surface area contributed by atoms with Gasteiger partial charge in [-0.1, -0.05) is 19.1 Å². The quantitative estimate of drug-likeness (QED) is 0.562. The van der Waals surface area contributed by atoms with E-state index in [2.05, 4.69) is 29.5 Å². The molecule has 0 aliphatic heterocycles. The Balaban J connectivity index is 1.86. The van der Waals surface area contributed by atoms with E-state index in [1.54, 1.807) is 10.9 Å². The van der Waals surface area contributed by atoms with Crippen molar-refractivity contribution in [1.82, 2.24) is 20.3 Å². The number of nitrogens with one attached hydrogen (secondary N) is 1. The smallest absolute Gasteiger partial charge is 0.0897 e. The molecule has 0 saturated carbocycles. The topological polar surface area (TPSA) is 72.2 Å². The largest absolute Gasteiger partial charge is 0.389 e. The molecule has 0 bridgehead atoms. The number of hydrogen-bond donors (Lipinski definition) is 2. The van der Waals surface area contributed by atoms with E-state index in [-0.39, 0.29) is 0 Å². The van der Waals surface area contributed by atoms with E-state index in [1.807, 2.05) is 6.20 Å². The highest BCUT2D eigenvalue weighted by Crippen LogP contribution is 2.03. The summed E-state index contributed by atoms with van der Waals surface area (Å²) < 4.78 is 7.25. The van der Waals surface area contributed by atoms with Gasteiger partial charge in [0.1, 0.15) is 0 Å². The molecule has 0 aromatic carbocycles. The lowest BCUT2D eigenvalue weighted by molar-refractivity contribution is 0.0348. The molecule has 20 heavy (non-hydrogen) atoms. The lowest BCUT2D eigenvalue weighted by atomic mass is 10.1. The maximum absolute atomic E-state index is 9.73. The van der Waals surface area contributed by atoms with Gasteiger partial charge in [0, 0.05) is 25.9 Å². The van der Waals surface area contributed by atoms with Gasteiger partial charge >= 0.3 is 0 Å². The van der Waals surface area contributed by atoms with Gasteiger partial charge in [-0.25, -0.2) is 0 Å². The second-order valence-electron chi connectivity index (χ2n) is 5.49. The number of rotatable bonds is 12. The summed E-state index contributed by atoms with van der Waals surface area (Å²) in [6, 6.07) is 0. The number of aliphatic hydroxyl groups is 1. The maximum atomic E-state index is 9.73. The van der Waals surface area contributed by atoms with Crippen molar-refractivity contribution >= 4 is 0 Å². The lowest BCUT2D eigenvalue weighted by Gasteiger charge is -2.12. The van der Waals surface area contributed by atoms with Crippen LogP contribution in [0.4, 0.5) is 0 Å². The van der Waals surface area contributed by atoms with Gasteiger partial charge in [0.15, 0.2) is 0 Å². The number of nitrogens with zero attached hydrogens (tertiary/aromatic N) is 3. The first-order valence-corrected chi connectivity index (χ1v) is 7.49. The van der Waals surface area contributed by atoms with Gasteiger partial charge < -0.3 is 15.2 Å². The van der Waals surface area contributed by atoms with Crippen LogP contribution in [0, 0.1) is 5.92 Å². The molecule has 0 aliphatic carbocycles. The van der Waals surface area contributed by atoms with Gasteiger partial charge in [0.25, 0.3) is 0 Å². The SMILES string of the molecule is CC(C)CCCOCC(O)CNCCCn1ccnn1. The number of ether oxygens (including phenoxy) is 1. The molecule has 1 aromatic rings. The standard InChI is InChI=1S/C14H28N4O2/c1-13(2)5-3-10-20-12-14(19)11-15-6-4-8-18-9-7-16-17-18/h7,9,13-15,19H,3-6,8,10-12H2,1-2H3. The van der Waals surface area contributed by atoms with Gasteiger partial charge in [0.05, 0.1) is 18.9 Å². The molecule has 2 N–H and O–H groups in total. The lowest BCUT2D eigenvalue weighted by Crippen LogP contribution is -2.31. The average Bonchev–Trinajstić information content (AvgIpc) is 2.90. The molecule has 1 aromatic heterocycles. The summed E-state index contributed by atoms with van der Waals surface area (Å²) in [6.07, 6.45) is 6.30. The summed E-state index contributed by atoms with van der Waals surface area (Å²) in [7, 11) is 0. The fourth-order valence-electron chi connectivity index (χ4n) is 1.86. The van der Waals surface area contributed by atoms with Crippen LogP contribution in [0.1, 0.15) is 33.1 Å². The predicted molar refractivity (Wildman–Crippen MR) is 78.4 cm³/mol. The number of aryl methyl sites for hydroxylation is 1. The van der Waals surface area contributed by atoms with Crippen molar-refractivity contribution in [1.29, 1.82) is 0 Å². The Bertz CT molecular complexity index is 317. The van der Waals surface area contributed by atoms with Crippen molar-refractivity contribution in [3.8, 4) is 0 Å². The molecule has 0 aliphatic rings. The third-order valence-electron chi connectivity index (χ3n) is 2.97. The molecule has 1 atom stereocenters. The van der Waals surface area contributed by atoms with Crippen molar-refractivity contribution < 1.29 is 9.84 Å². The summed E-state index contributed by atoms with van der Waals surface area (Å²) in [4.78, 5) is 0. The first-order valence-electron chi connectivity index (χ1n) is 7.49. The Morgan fingerprint density at radius 1 is 1.35 bits per heavy atom. The summed E-state index contributed by atoms with van der Waals surface area (Å²) in [5.41, 5.74) is 0. The van der Waals surface area contributed by atoms with Crippen LogP contribution in [0.2, 0.25) is 0 Å². The fourth-order valence-corrected chi connectivity index (χ4v) is 1.86. The first kappa shape index (κ1) is 17.1. The Kier molecular flexibility index (Phi) is 9.19. The van der Waals surface area contributed by atoms with E-state index in [1.165, 1.54) is 6.42 Å². The van der Waals surface area contributed by atoms with Crippen LogP contribution in [-0.2, 0) is 11.3 Å². The van der Waals surface area contributed by atoms with Gasteiger partial charge in [0.2, 0.25) is 0 Å². The number of aliphatic hydroxyl groups excluding tert-OH is 1. The molecule has 1 unspecified atom stereocenters. The Hall–Kier alpha value is -0.980. The zero-order valence-corrected chi connectivity index (χ0v) is 12.7. The molecular formula is C14H28N4O2. The molecule has 1 heterocycles. The minimum Gasteiger partial charge on any atom is -0.389 e.